The lowest BCUT2D eigenvalue weighted by molar-refractivity contribution is -0.697. The molecule has 10 heteroatoms. The molecule has 2 aliphatic heterocycles. The van der Waals surface area contributed by atoms with Crippen LogP contribution in [0.4, 0.5) is 0 Å². The van der Waals surface area contributed by atoms with Gasteiger partial charge in [-0.2, -0.15) is 0 Å². The van der Waals surface area contributed by atoms with E-state index in [4.69, 9.17) is 19.4 Å². The van der Waals surface area contributed by atoms with E-state index in [9.17, 15) is 0 Å². The van der Waals surface area contributed by atoms with Crippen molar-refractivity contribution < 1.29 is 18.6 Å². The molecule has 2 aliphatic rings. The lowest BCUT2D eigenvalue weighted by atomic mass is 10.0. The van der Waals surface area contributed by atoms with Gasteiger partial charge in [-0.25, -0.2) is 19.1 Å². The fourth-order valence-corrected chi connectivity index (χ4v) is 8.60. The van der Waals surface area contributed by atoms with Crippen molar-refractivity contribution in [1.82, 2.24) is 29.9 Å². The third kappa shape index (κ3) is 8.38. The fraction of sp³-hybridized carbons (Fsp3) is 0.0714. The topological polar surface area (TPSA) is 109 Å². The number of nitrogens with zero attached hydrogens (tertiary/aromatic N) is 6. The highest BCUT2D eigenvalue weighted by Crippen LogP contribution is 2.39. The summed E-state index contributed by atoms with van der Waals surface area (Å²) in [6.07, 6.45) is 23.9. The van der Waals surface area contributed by atoms with Gasteiger partial charge >= 0.3 is 0 Å². The summed E-state index contributed by atoms with van der Waals surface area (Å²) in [4.78, 5) is 27.2. The molecule has 10 nitrogen and oxygen atoms in total. The van der Waals surface area contributed by atoms with Crippen LogP contribution in [-0.4, -0.2) is 43.1 Å². The first kappa shape index (κ1) is 40.0. The molecule has 0 saturated carbocycles. The van der Waals surface area contributed by atoms with Crippen LogP contribution in [0, 0.1) is 0 Å². The van der Waals surface area contributed by atoms with Gasteiger partial charge in [-0.15, -0.1) is 0 Å². The zero-order valence-corrected chi connectivity index (χ0v) is 36.0. The number of hydrogen-bond donors (Lipinski definition) is 2. The Bertz CT molecular complexity index is 3160. The first-order chi connectivity index (χ1) is 32.7. The zero-order chi connectivity index (χ0) is 44.1. The normalized spacial score (nSPS) is 11.8. The summed E-state index contributed by atoms with van der Waals surface area (Å²) < 4.78 is 16.6. The Labute approximate surface area is 381 Å². The lowest BCUT2D eigenvalue weighted by Gasteiger charge is -2.08. The molecule has 0 aliphatic carbocycles. The Morgan fingerprint density at radius 2 is 0.682 bits per heavy atom. The number of nitrogens with one attached hydrogen (secondary N) is 2. The summed E-state index contributed by atoms with van der Waals surface area (Å²) in [5.74, 6) is 1.60. The summed E-state index contributed by atoms with van der Waals surface area (Å²) >= 11 is 0. The van der Waals surface area contributed by atoms with Crippen molar-refractivity contribution in [2.45, 2.75) is 13.1 Å². The van der Waals surface area contributed by atoms with Gasteiger partial charge in [-0.05, 0) is 119 Å². The molecule has 66 heavy (non-hydrogen) atoms. The van der Waals surface area contributed by atoms with Crippen molar-refractivity contribution >= 4 is 46.4 Å². The molecule has 318 valence electrons. The van der Waals surface area contributed by atoms with E-state index in [1.54, 1.807) is 0 Å². The van der Waals surface area contributed by atoms with E-state index in [-0.39, 0.29) is 0 Å². The number of ether oxygens (including phenoxy) is 2. The average Bonchev–Trinajstić information content (AvgIpc) is 4.23. The van der Waals surface area contributed by atoms with Gasteiger partial charge in [-0.3, -0.25) is 9.97 Å². The Kier molecular flexibility index (Phi) is 11.0. The van der Waals surface area contributed by atoms with Crippen LogP contribution in [-0.2, 0) is 13.1 Å². The summed E-state index contributed by atoms with van der Waals surface area (Å²) in [6, 6.07) is 45.3. The molecule has 0 unspecified atom stereocenters. The highest BCUT2D eigenvalue weighted by Gasteiger charge is 2.19. The van der Waals surface area contributed by atoms with Crippen LogP contribution in [0.25, 0.3) is 90.9 Å². The minimum absolute atomic E-state index is 0.549. The Hall–Kier alpha value is -8.76. The number of rotatable bonds is 12. The lowest BCUT2D eigenvalue weighted by Crippen LogP contribution is -2.35. The first-order valence-electron chi connectivity index (χ1n) is 22.0. The van der Waals surface area contributed by atoms with Crippen LogP contribution in [0.3, 0.4) is 0 Å². The van der Waals surface area contributed by atoms with Gasteiger partial charge in [-0.1, -0.05) is 36.4 Å². The molecule has 7 aromatic heterocycles. The number of fused-ring (bicyclic) bond motifs is 8. The quantitative estimate of drug-likeness (QED) is 0.118. The zero-order valence-electron chi connectivity index (χ0n) is 36.0. The highest BCUT2D eigenvalue weighted by atomic mass is 16.5. The third-order valence-corrected chi connectivity index (χ3v) is 11.8. The van der Waals surface area contributed by atoms with Crippen LogP contribution in [0.2, 0.25) is 0 Å². The SMILES string of the molecule is C1=Cc2nc1c(-c1ccncc1)c1ccc([nH]1)c(-c1ccc(OCC[n+]3ccccc3)cc1)c1nc(c(-c3ccncc3)c3ccc([nH]3)c2-c2ccc(OCC[n+]3ccccc3)cc2)C=C1. The summed E-state index contributed by atoms with van der Waals surface area (Å²) in [5.41, 5.74) is 14.8. The molecule has 2 aromatic carbocycles. The molecular weight excluding hydrogens is 817 g/mol. The van der Waals surface area contributed by atoms with E-state index >= 15 is 0 Å². The molecule has 8 bridgehead atoms. The second kappa shape index (κ2) is 18.1. The maximum atomic E-state index is 6.20. The predicted molar refractivity (Wildman–Crippen MR) is 260 cm³/mol. The smallest absolute Gasteiger partial charge is 0.182 e. The van der Waals surface area contributed by atoms with Crippen molar-refractivity contribution in [3.8, 4) is 56.0 Å². The van der Waals surface area contributed by atoms with Gasteiger partial charge in [0, 0.05) is 93.4 Å². The van der Waals surface area contributed by atoms with Crippen molar-refractivity contribution in [2.24, 2.45) is 0 Å². The molecule has 0 fully saturated rings. The van der Waals surface area contributed by atoms with E-state index in [1.807, 2.05) is 135 Å². The largest absolute Gasteiger partial charge is 0.487 e. The standard InChI is InChI=1S/C56H44N8O2/c1-3-31-63(32-4-1)35-37-65-43-11-7-39(8-12-43)53-45-15-19-49(59-45)55(41-23-27-57-28-24-41)51-21-17-47(61-51)54(40-9-13-44(14-10-40)66-38-36-64-33-5-2-6-34-64)48-18-22-52(62-48)56(42-25-29-58-30-26-42)50-20-16-46(53)60-50/h1-34,59,62H,35-38H2/q+2. The van der Waals surface area contributed by atoms with Crippen LogP contribution in [0.1, 0.15) is 22.8 Å². The monoisotopic (exact) mass is 860 g/mol. The van der Waals surface area contributed by atoms with Gasteiger partial charge in [0.05, 0.1) is 22.8 Å². The van der Waals surface area contributed by atoms with E-state index in [1.165, 1.54) is 0 Å². The molecule has 11 rings (SSSR count). The maximum absolute atomic E-state index is 6.20. The van der Waals surface area contributed by atoms with Gasteiger partial charge in [0.1, 0.15) is 24.7 Å². The van der Waals surface area contributed by atoms with Crippen LogP contribution in [0.5, 0.6) is 11.5 Å². The van der Waals surface area contributed by atoms with Gasteiger partial charge in [0.2, 0.25) is 0 Å². The molecule has 0 saturated heterocycles. The molecule has 0 amide bonds. The molecule has 0 spiro atoms. The minimum atomic E-state index is 0.549. The van der Waals surface area contributed by atoms with Crippen molar-refractivity contribution in [1.29, 1.82) is 0 Å². The van der Waals surface area contributed by atoms with Gasteiger partial charge in [0.25, 0.3) is 0 Å². The minimum Gasteiger partial charge on any atom is -0.487 e. The predicted octanol–water partition coefficient (Wildman–Crippen LogP) is 10.8. The summed E-state index contributed by atoms with van der Waals surface area (Å²) in [6.45, 7) is 2.59. The molecule has 0 atom stereocenters. The summed E-state index contributed by atoms with van der Waals surface area (Å²) in [7, 11) is 0. The molecular formula is C56H44N8O2+2. The molecule has 9 aromatic rings. The number of aromatic amines is 2. The number of pyridine rings is 4. The van der Waals surface area contributed by atoms with E-state index < -0.39 is 0 Å². The molecule has 9 heterocycles. The second-order valence-electron chi connectivity index (χ2n) is 15.9. The van der Waals surface area contributed by atoms with Crippen molar-refractivity contribution in [3.63, 3.8) is 0 Å². The van der Waals surface area contributed by atoms with Crippen molar-refractivity contribution in [2.75, 3.05) is 13.2 Å². The Morgan fingerprint density at radius 1 is 0.364 bits per heavy atom. The van der Waals surface area contributed by atoms with E-state index in [0.29, 0.717) is 13.2 Å². The van der Waals surface area contributed by atoms with Crippen molar-refractivity contribution in [3.05, 3.63) is 206 Å². The fourth-order valence-electron chi connectivity index (χ4n) is 8.60. The Balaban J connectivity index is 1.09. The number of aromatic nitrogens is 8. The molecule has 0 radical (unpaired) electrons. The van der Waals surface area contributed by atoms with Gasteiger partial charge < -0.3 is 19.4 Å². The average molecular weight is 861 g/mol. The number of benzene rings is 2. The number of H-pyrrole nitrogens is 2. The van der Waals surface area contributed by atoms with Crippen LogP contribution in [0.15, 0.2) is 183 Å². The van der Waals surface area contributed by atoms with Crippen LogP contribution >= 0.6 is 0 Å². The molecule has 2 N–H and O–H groups in total. The summed E-state index contributed by atoms with van der Waals surface area (Å²) in [5, 5.41) is 0. The Morgan fingerprint density at radius 3 is 1.02 bits per heavy atom. The highest BCUT2D eigenvalue weighted by molar-refractivity contribution is 5.99. The van der Waals surface area contributed by atoms with Crippen LogP contribution < -0.4 is 18.6 Å². The van der Waals surface area contributed by atoms with E-state index in [2.05, 4.69) is 102 Å². The first-order valence-corrected chi connectivity index (χ1v) is 22.0. The van der Waals surface area contributed by atoms with E-state index in [0.717, 1.165) is 114 Å². The second-order valence-corrected chi connectivity index (χ2v) is 15.9. The van der Waals surface area contributed by atoms with Gasteiger partial charge in [0.15, 0.2) is 37.9 Å². The maximum Gasteiger partial charge on any atom is 0.182 e. The number of hydrogen-bond acceptors (Lipinski definition) is 6. The third-order valence-electron chi connectivity index (χ3n) is 11.8.